The van der Waals surface area contributed by atoms with Crippen molar-refractivity contribution < 1.29 is 18.0 Å². The van der Waals surface area contributed by atoms with E-state index in [0.717, 1.165) is 34.8 Å². The average Bonchev–Trinajstić information content (AvgIpc) is 3.33. The molecule has 1 fully saturated rings. The molecule has 2 aromatic carbocycles. The van der Waals surface area contributed by atoms with Gasteiger partial charge in [-0.05, 0) is 54.1 Å². The maximum atomic E-state index is 12.7. The number of amidine groups is 1. The third-order valence-corrected chi connectivity index (χ3v) is 7.79. The van der Waals surface area contributed by atoms with Gasteiger partial charge in [-0.15, -0.1) is 4.40 Å². The molecule has 0 atom stereocenters. The summed E-state index contributed by atoms with van der Waals surface area (Å²) in [5.74, 6) is -0.100. The molecule has 31 heavy (non-hydrogen) atoms. The lowest BCUT2D eigenvalue weighted by atomic mass is 10.1. The van der Waals surface area contributed by atoms with Gasteiger partial charge in [0.2, 0.25) is 5.91 Å². The number of nitrogens with one attached hydrogen (secondary N) is 1. The van der Waals surface area contributed by atoms with Crippen molar-refractivity contribution in [2.45, 2.75) is 24.3 Å². The Morgan fingerprint density at radius 1 is 1.13 bits per heavy atom. The number of fused-ring (bicyclic) bond motifs is 3. The van der Waals surface area contributed by atoms with Gasteiger partial charge in [0.15, 0.2) is 5.17 Å². The molecule has 10 heteroatoms. The van der Waals surface area contributed by atoms with Crippen LogP contribution in [0.4, 0.5) is 11.4 Å². The lowest BCUT2D eigenvalue weighted by molar-refractivity contribution is -0.117. The Hall–Kier alpha value is -2.85. The average molecular weight is 457 g/mol. The molecule has 2 aromatic rings. The fourth-order valence-electron chi connectivity index (χ4n) is 3.91. The van der Waals surface area contributed by atoms with E-state index in [1.807, 2.05) is 35.2 Å². The van der Waals surface area contributed by atoms with Gasteiger partial charge in [-0.2, -0.15) is 0 Å². The summed E-state index contributed by atoms with van der Waals surface area (Å²) < 4.78 is 27.3. The zero-order valence-electron chi connectivity index (χ0n) is 16.6. The van der Waals surface area contributed by atoms with Crippen LogP contribution >= 0.6 is 11.8 Å². The summed E-state index contributed by atoms with van der Waals surface area (Å²) in [6.45, 7) is 1.43. The minimum absolute atomic E-state index is 0.0131. The van der Waals surface area contributed by atoms with Gasteiger partial charge in [-0.3, -0.25) is 9.59 Å². The van der Waals surface area contributed by atoms with Gasteiger partial charge in [-0.25, -0.2) is 8.42 Å². The molecule has 0 spiro atoms. The van der Waals surface area contributed by atoms with E-state index in [0.29, 0.717) is 30.2 Å². The molecule has 160 valence electrons. The zero-order valence-corrected chi connectivity index (χ0v) is 18.2. The molecular formula is C21H20N4O4S2. The number of sulfonamides is 1. The quantitative estimate of drug-likeness (QED) is 0.758. The Kier molecular flexibility index (Phi) is 4.98. The molecule has 3 aliphatic rings. The van der Waals surface area contributed by atoms with Gasteiger partial charge in [0.05, 0.1) is 11.4 Å². The second-order valence-electron chi connectivity index (χ2n) is 7.60. The predicted octanol–water partition coefficient (Wildman–Crippen LogP) is 2.35. The monoisotopic (exact) mass is 456 g/mol. The summed E-state index contributed by atoms with van der Waals surface area (Å²) in [5.41, 5.74) is 3.15. The highest BCUT2D eigenvalue weighted by molar-refractivity contribution is 8.15. The SMILES string of the molecule is O=C(NCc1cccc(N2CCCC2=O)c1)c1ccc2c(c1)SC1=NS(=O)(=O)CCN12. The minimum Gasteiger partial charge on any atom is -0.348 e. The summed E-state index contributed by atoms with van der Waals surface area (Å²) in [5, 5.41) is 3.36. The van der Waals surface area contributed by atoms with Crippen LogP contribution in [0.5, 0.6) is 0 Å². The molecule has 1 N–H and O–H groups in total. The van der Waals surface area contributed by atoms with Gasteiger partial charge in [0, 0.05) is 42.2 Å². The molecule has 1 saturated heterocycles. The van der Waals surface area contributed by atoms with Crippen LogP contribution in [-0.4, -0.2) is 44.2 Å². The minimum atomic E-state index is -3.41. The Balaban J connectivity index is 1.28. The van der Waals surface area contributed by atoms with Crippen LogP contribution in [0.15, 0.2) is 51.8 Å². The second-order valence-corrected chi connectivity index (χ2v) is 10.4. The number of carbonyl (C=O) groups excluding carboxylic acids is 2. The molecule has 0 aliphatic carbocycles. The van der Waals surface area contributed by atoms with Crippen molar-refractivity contribution in [3.8, 4) is 0 Å². The molecule has 0 unspecified atom stereocenters. The topological polar surface area (TPSA) is 99.1 Å². The van der Waals surface area contributed by atoms with E-state index in [1.165, 1.54) is 11.8 Å². The molecule has 0 saturated carbocycles. The fourth-order valence-corrected chi connectivity index (χ4v) is 6.21. The molecule has 3 aliphatic heterocycles. The van der Waals surface area contributed by atoms with E-state index in [2.05, 4.69) is 9.71 Å². The maximum Gasteiger partial charge on any atom is 0.257 e. The number of anilines is 2. The van der Waals surface area contributed by atoms with Gasteiger partial charge < -0.3 is 15.1 Å². The van der Waals surface area contributed by atoms with Crippen LogP contribution in [0.1, 0.15) is 28.8 Å². The highest BCUT2D eigenvalue weighted by Gasteiger charge is 2.33. The lowest BCUT2D eigenvalue weighted by Crippen LogP contribution is -2.35. The third kappa shape index (κ3) is 3.92. The number of rotatable bonds is 4. The van der Waals surface area contributed by atoms with Crippen LogP contribution in [0, 0.1) is 0 Å². The van der Waals surface area contributed by atoms with Gasteiger partial charge in [-0.1, -0.05) is 12.1 Å². The number of hydrogen-bond donors (Lipinski definition) is 1. The predicted molar refractivity (Wildman–Crippen MR) is 120 cm³/mol. The van der Waals surface area contributed by atoms with Gasteiger partial charge >= 0.3 is 0 Å². The first-order valence-electron chi connectivity index (χ1n) is 9.99. The molecular weight excluding hydrogens is 436 g/mol. The fraction of sp³-hybridized carbons (Fsp3) is 0.286. The first-order chi connectivity index (χ1) is 14.9. The summed E-state index contributed by atoms with van der Waals surface area (Å²) in [6.07, 6.45) is 1.44. The summed E-state index contributed by atoms with van der Waals surface area (Å²) in [6, 6.07) is 13.0. The number of nitrogens with zero attached hydrogens (tertiary/aromatic N) is 3. The van der Waals surface area contributed by atoms with Crippen LogP contribution in [0.25, 0.3) is 0 Å². The first-order valence-corrected chi connectivity index (χ1v) is 12.4. The number of benzene rings is 2. The molecule has 5 rings (SSSR count). The van der Waals surface area contributed by atoms with E-state index in [9.17, 15) is 18.0 Å². The summed E-state index contributed by atoms with van der Waals surface area (Å²) >= 11 is 1.26. The molecule has 0 aromatic heterocycles. The van der Waals surface area contributed by atoms with E-state index < -0.39 is 10.0 Å². The maximum absolute atomic E-state index is 12.7. The number of carbonyl (C=O) groups is 2. The molecule has 8 nitrogen and oxygen atoms in total. The highest BCUT2D eigenvalue weighted by atomic mass is 32.2. The summed E-state index contributed by atoms with van der Waals surface area (Å²) in [4.78, 5) is 29.1. The van der Waals surface area contributed by atoms with E-state index >= 15 is 0 Å². The normalized spacial score (nSPS) is 19.1. The molecule has 0 radical (unpaired) electrons. The number of amides is 2. The Morgan fingerprint density at radius 2 is 2.00 bits per heavy atom. The van der Waals surface area contributed by atoms with Crippen LogP contribution in [0.2, 0.25) is 0 Å². The first kappa shape index (κ1) is 20.1. The smallest absolute Gasteiger partial charge is 0.257 e. The Morgan fingerprint density at radius 3 is 2.81 bits per heavy atom. The molecule has 2 amide bonds. The summed E-state index contributed by atoms with van der Waals surface area (Å²) in [7, 11) is -3.41. The second kappa shape index (κ2) is 7.69. The standard InChI is InChI=1S/C21H20N4O4S2/c26-19-5-2-8-24(19)16-4-1-3-14(11-16)13-22-20(27)15-6-7-17-18(12-15)30-21-23-31(28,29)10-9-25(17)21/h1,3-4,6-7,11-12H,2,5,8-10,13H2,(H,22,27). The van der Waals surface area contributed by atoms with E-state index in [4.69, 9.17) is 0 Å². The van der Waals surface area contributed by atoms with Crippen LogP contribution < -0.4 is 15.1 Å². The van der Waals surface area contributed by atoms with Crippen molar-refractivity contribution in [1.82, 2.24) is 5.32 Å². The Bertz CT molecular complexity index is 1230. The molecule has 3 heterocycles. The van der Waals surface area contributed by atoms with Crippen molar-refractivity contribution in [3.05, 3.63) is 53.6 Å². The van der Waals surface area contributed by atoms with E-state index in [1.54, 1.807) is 17.0 Å². The van der Waals surface area contributed by atoms with Crippen molar-refractivity contribution in [1.29, 1.82) is 0 Å². The lowest BCUT2D eigenvalue weighted by Gasteiger charge is -2.22. The highest BCUT2D eigenvalue weighted by Crippen LogP contribution is 2.42. The largest absolute Gasteiger partial charge is 0.348 e. The van der Waals surface area contributed by atoms with Gasteiger partial charge in [0.1, 0.15) is 0 Å². The van der Waals surface area contributed by atoms with Crippen molar-refractivity contribution in [2.75, 3.05) is 28.6 Å². The third-order valence-electron chi connectivity index (χ3n) is 5.48. The van der Waals surface area contributed by atoms with Gasteiger partial charge in [0.25, 0.3) is 15.9 Å². The zero-order chi connectivity index (χ0) is 21.6. The van der Waals surface area contributed by atoms with Crippen molar-refractivity contribution in [2.24, 2.45) is 4.40 Å². The molecule has 0 bridgehead atoms. The Labute approximate surface area is 184 Å². The van der Waals surface area contributed by atoms with Crippen molar-refractivity contribution >= 4 is 50.1 Å². The van der Waals surface area contributed by atoms with Crippen LogP contribution in [-0.2, 0) is 21.4 Å². The number of thioether (sulfide) groups is 1. The van der Waals surface area contributed by atoms with Crippen molar-refractivity contribution in [3.63, 3.8) is 0 Å². The van der Waals surface area contributed by atoms with E-state index in [-0.39, 0.29) is 17.6 Å². The number of hydrogen-bond acceptors (Lipinski definition) is 6. The van der Waals surface area contributed by atoms with Crippen LogP contribution in [0.3, 0.4) is 0 Å².